The first-order valence-corrected chi connectivity index (χ1v) is 9.76. The van der Waals surface area contributed by atoms with Crippen LogP contribution >= 0.6 is 11.8 Å². The monoisotopic (exact) mass is 334 g/mol. The summed E-state index contributed by atoms with van der Waals surface area (Å²) in [5.41, 5.74) is 0.916. The standard InChI is InChI=1S/C18H26N2O2S/c21-18(2-1-16-5-10-22-14-16)19-13-15-3-8-20(9-4-15)17-6-11-23-12-7-17/h1-2,5,10,14-15,17H,3-4,6-9,11-13H2,(H,19,21). The lowest BCUT2D eigenvalue weighted by Crippen LogP contribution is -2.44. The van der Waals surface area contributed by atoms with Gasteiger partial charge in [-0.25, -0.2) is 0 Å². The van der Waals surface area contributed by atoms with Crippen molar-refractivity contribution < 1.29 is 9.21 Å². The van der Waals surface area contributed by atoms with E-state index in [1.807, 2.05) is 6.07 Å². The van der Waals surface area contributed by atoms with E-state index in [0.717, 1.165) is 18.2 Å². The van der Waals surface area contributed by atoms with Gasteiger partial charge in [0, 0.05) is 24.2 Å². The molecule has 1 aromatic rings. The minimum Gasteiger partial charge on any atom is -0.472 e. The number of likely N-dealkylation sites (tertiary alicyclic amines) is 1. The number of nitrogens with one attached hydrogen (secondary N) is 1. The summed E-state index contributed by atoms with van der Waals surface area (Å²) in [6.07, 6.45) is 11.7. The average molecular weight is 334 g/mol. The topological polar surface area (TPSA) is 45.5 Å². The summed E-state index contributed by atoms with van der Waals surface area (Å²) in [5.74, 6) is 3.25. The Labute approximate surface area is 142 Å². The van der Waals surface area contributed by atoms with Crippen LogP contribution in [0.15, 0.2) is 29.1 Å². The van der Waals surface area contributed by atoms with Gasteiger partial charge in [-0.1, -0.05) is 0 Å². The van der Waals surface area contributed by atoms with Gasteiger partial charge in [-0.2, -0.15) is 11.8 Å². The number of thioether (sulfide) groups is 1. The molecule has 1 amide bonds. The molecular formula is C18H26N2O2S. The Morgan fingerprint density at radius 1 is 1.30 bits per heavy atom. The lowest BCUT2D eigenvalue weighted by molar-refractivity contribution is -0.116. The van der Waals surface area contributed by atoms with Crippen LogP contribution in [-0.2, 0) is 4.79 Å². The van der Waals surface area contributed by atoms with E-state index >= 15 is 0 Å². The maximum absolute atomic E-state index is 11.9. The van der Waals surface area contributed by atoms with Gasteiger partial charge in [-0.3, -0.25) is 4.79 Å². The van der Waals surface area contributed by atoms with E-state index in [-0.39, 0.29) is 5.91 Å². The molecule has 0 bridgehead atoms. The maximum atomic E-state index is 11.9. The molecule has 3 rings (SSSR count). The number of amides is 1. The van der Waals surface area contributed by atoms with Crippen molar-refractivity contribution in [2.45, 2.75) is 31.7 Å². The number of carbonyl (C=O) groups is 1. The summed E-state index contributed by atoms with van der Waals surface area (Å²) in [7, 11) is 0. The molecule has 0 aromatic carbocycles. The van der Waals surface area contributed by atoms with Crippen LogP contribution in [0.1, 0.15) is 31.2 Å². The first-order chi connectivity index (χ1) is 11.3. The zero-order valence-electron chi connectivity index (χ0n) is 13.6. The zero-order chi connectivity index (χ0) is 15.9. The Morgan fingerprint density at radius 2 is 2.09 bits per heavy atom. The number of piperidine rings is 1. The van der Waals surface area contributed by atoms with Crippen molar-refractivity contribution in [2.75, 3.05) is 31.1 Å². The highest BCUT2D eigenvalue weighted by molar-refractivity contribution is 7.99. The van der Waals surface area contributed by atoms with Crippen LogP contribution in [0.4, 0.5) is 0 Å². The molecule has 0 aliphatic carbocycles. The van der Waals surface area contributed by atoms with Crippen molar-refractivity contribution in [3.8, 4) is 0 Å². The predicted octanol–water partition coefficient (Wildman–Crippen LogP) is 3.02. The van der Waals surface area contributed by atoms with Gasteiger partial charge in [-0.15, -0.1) is 0 Å². The van der Waals surface area contributed by atoms with E-state index in [1.54, 1.807) is 24.7 Å². The van der Waals surface area contributed by atoms with E-state index in [9.17, 15) is 4.79 Å². The molecule has 3 heterocycles. The van der Waals surface area contributed by atoms with Crippen molar-refractivity contribution in [1.29, 1.82) is 0 Å². The first kappa shape index (κ1) is 16.7. The molecule has 0 atom stereocenters. The largest absolute Gasteiger partial charge is 0.472 e. The molecule has 2 saturated heterocycles. The van der Waals surface area contributed by atoms with Gasteiger partial charge < -0.3 is 14.6 Å². The van der Waals surface area contributed by atoms with Crippen molar-refractivity contribution in [2.24, 2.45) is 5.92 Å². The van der Waals surface area contributed by atoms with Crippen LogP contribution in [0.2, 0.25) is 0 Å². The lowest BCUT2D eigenvalue weighted by Gasteiger charge is -2.39. The molecule has 2 fully saturated rings. The average Bonchev–Trinajstić information content (AvgIpc) is 3.13. The molecule has 0 saturated carbocycles. The summed E-state index contributed by atoms with van der Waals surface area (Å²) in [6, 6.07) is 2.65. The summed E-state index contributed by atoms with van der Waals surface area (Å²) < 4.78 is 4.97. The summed E-state index contributed by atoms with van der Waals surface area (Å²) in [6.45, 7) is 3.18. The third-order valence-electron chi connectivity index (χ3n) is 4.89. The van der Waals surface area contributed by atoms with Gasteiger partial charge in [0.1, 0.15) is 0 Å². The van der Waals surface area contributed by atoms with E-state index in [1.165, 1.54) is 50.3 Å². The van der Waals surface area contributed by atoms with Crippen molar-refractivity contribution >= 4 is 23.7 Å². The normalized spacial score (nSPS) is 21.7. The van der Waals surface area contributed by atoms with Crippen molar-refractivity contribution in [3.05, 3.63) is 30.2 Å². The van der Waals surface area contributed by atoms with Gasteiger partial charge in [0.25, 0.3) is 0 Å². The third-order valence-corrected chi connectivity index (χ3v) is 5.94. The second-order valence-corrected chi connectivity index (χ2v) is 7.68. The second-order valence-electron chi connectivity index (χ2n) is 6.46. The number of hydrogen-bond donors (Lipinski definition) is 1. The minimum absolute atomic E-state index is 0.0158. The summed E-state index contributed by atoms with van der Waals surface area (Å²) in [5, 5.41) is 3.03. The molecule has 1 N–H and O–H groups in total. The second kappa shape index (κ2) is 8.60. The zero-order valence-corrected chi connectivity index (χ0v) is 14.4. The SMILES string of the molecule is O=C(C=Cc1ccoc1)NCC1CCN(C2CCSCC2)CC1. The fourth-order valence-corrected chi connectivity index (χ4v) is 4.50. The van der Waals surface area contributed by atoms with Gasteiger partial charge >= 0.3 is 0 Å². The number of hydrogen-bond acceptors (Lipinski definition) is 4. The smallest absolute Gasteiger partial charge is 0.244 e. The summed E-state index contributed by atoms with van der Waals surface area (Å²) >= 11 is 2.09. The number of nitrogens with zero attached hydrogens (tertiary/aromatic N) is 1. The van der Waals surface area contributed by atoms with E-state index < -0.39 is 0 Å². The Bertz CT molecular complexity index is 501. The molecule has 2 aliphatic rings. The highest BCUT2D eigenvalue weighted by Crippen LogP contribution is 2.26. The fraction of sp³-hybridized carbons (Fsp3) is 0.611. The van der Waals surface area contributed by atoms with Crippen LogP contribution < -0.4 is 5.32 Å². The highest BCUT2D eigenvalue weighted by Gasteiger charge is 2.26. The Kier molecular flexibility index (Phi) is 6.22. The van der Waals surface area contributed by atoms with Gasteiger partial charge in [0.05, 0.1) is 12.5 Å². The van der Waals surface area contributed by atoms with Crippen molar-refractivity contribution in [1.82, 2.24) is 10.2 Å². The minimum atomic E-state index is -0.0158. The van der Waals surface area contributed by atoms with E-state index in [4.69, 9.17) is 4.42 Å². The van der Waals surface area contributed by atoms with Gasteiger partial charge in [-0.05, 0) is 68.3 Å². The molecule has 2 aliphatic heterocycles. The Morgan fingerprint density at radius 3 is 2.78 bits per heavy atom. The Hall–Kier alpha value is -1.20. The predicted molar refractivity (Wildman–Crippen MR) is 95.4 cm³/mol. The summed E-state index contributed by atoms with van der Waals surface area (Å²) in [4.78, 5) is 14.5. The van der Waals surface area contributed by atoms with E-state index in [2.05, 4.69) is 22.0 Å². The van der Waals surface area contributed by atoms with Crippen LogP contribution in [0.25, 0.3) is 6.08 Å². The molecule has 4 nitrogen and oxygen atoms in total. The molecular weight excluding hydrogens is 308 g/mol. The molecule has 5 heteroatoms. The van der Waals surface area contributed by atoms with Gasteiger partial charge in [0.2, 0.25) is 5.91 Å². The third kappa shape index (κ3) is 5.15. The molecule has 1 aromatic heterocycles. The highest BCUT2D eigenvalue weighted by atomic mass is 32.2. The number of rotatable bonds is 5. The molecule has 126 valence electrons. The quantitative estimate of drug-likeness (QED) is 0.841. The molecule has 0 unspecified atom stereocenters. The van der Waals surface area contributed by atoms with Crippen LogP contribution in [0.3, 0.4) is 0 Å². The molecule has 23 heavy (non-hydrogen) atoms. The van der Waals surface area contributed by atoms with Crippen LogP contribution in [0, 0.1) is 5.92 Å². The Balaban J connectivity index is 1.35. The fourth-order valence-electron chi connectivity index (χ4n) is 3.42. The lowest BCUT2D eigenvalue weighted by atomic mass is 9.94. The molecule has 0 spiro atoms. The van der Waals surface area contributed by atoms with Crippen LogP contribution in [-0.4, -0.2) is 48.0 Å². The first-order valence-electron chi connectivity index (χ1n) is 8.61. The maximum Gasteiger partial charge on any atom is 0.244 e. The molecule has 0 radical (unpaired) electrons. The number of furan rings is 1. The number of carbonyl (C=O) groups excluding carboxylic acids is 1. The van der Waals surface area contributed by atoms with Gasteiger partial charge in [0.15, 0.2) is 0 Å². The van der Waals surface area contributed by atoms with Crippen LogP contribution in [0.5, 0.6) is 0 Å². The van der Waals surface area contributed by atoms with Crippen molar-refractivity contribution in [3.63, 3.8) is 0 Å². The van der Waals surface area contributed by atoms with E-state index in [0.29, 0.717) is 5.92 Å².